The number of nitrogens with zero attached hydrogens (tertiary/aromatic N) is 2. The molecule has 2 rings (SSSR count). The van der Waals surface area contributed by atoms with Crippen molar-refractivity contribution in [1.82, 2.24) is 9.78 Å². The van der Waals surface area contributed by atoms with E-state index in [9.17, 15) is 9.50 Å². The van der Waals surface area contributed by atoms with Crippen molar-refractivity contribution in [1.29, 1.82) is 0 Å². The van der Waals surface area contributed by atoms with Gasteiger partial charge in [-0.2, -0.15) is 5.10 Å². The van der Waals surface area contributed by atoms with Crippen molar-refractivity contribution in [3.05, 3.63) is 51.6 Å². The second-order valence-electron chi connectivity index (χ2n) is 4.32. The fraction of sp³-hybridized carbons (Fsp3) is 0.308. The third-order valence-electron chi connectivity index (χ3n) is 3.01. The Balaban J connectivity index is 2.54. The summed E-state index contributed by atoms with van der Waals surface area (Å²) in [6, 6.07) is 4.32. The minimum Gasteiger partial charge on any atom is -0.383 e. The van der Waals surface area contributed by atoms with E-state index in [1.54, 1.807) is 20.0 Å². The summed E-state index contributed by atoms with van der Waals surface area (Å²) >= 11 is 6.10. The quantitative estimate of drug-likeness (QED) is 0.909. The van der Waals surface area contributed by atoms with E-state index in [1.165, 1.54) is 16.8 Å². The molecule has 0 fully saturated rings. The van der Waals surface area contributed by atoms with Crippen LogP contribution in [-0.4, -0.2) is 14.9 Å². The molecule has 18 heavy (non-hydrogen) atoms. The molecule has 0 spiro atoms. The summed E-state index contributed by atoms with van der Waals surface area (Å²) in [7, 11) is 1.70. The molecule has 3 nitrogen and oxygen atoms in total. The average molecular weight is 269 g/mol. The summed E-state index contributed by atoms with van der Waals surface area (Å²) in [5.74, 6) is -0.382. The minimum atomic E-state index is -0.970. The van der Waals surface area contributed by atoms with E-state index in [0.717, 1.165) is 5.56 Å². The van der Waals surface area contributed by atoms with E-state index in [0.29, 0.717) is 22.0 Å². The third kappa shape index (κ3) is 2.13. The first-order valence-corrected chi connectivity index (χ1v) is 5.92. The molecule has 5 heteroatoms. The van der Waals surface area contributed by atoms with Crippen LogP contribution in [0.4, 0.5) is 4.39 Å². The predicted molar refractivity (Wildman–Crippen MR) is 68.2 cm³/mol. The standard InChI is InChI=1S/C13H14ClFN2O/c1-7-4-5-9(15)6-10(7)12(18)11-8(2)16-17(3)13(11)14/h4-6,12,18H,1-3H3. The highest BCUT2D eigenvalue weighted by atomic mass is 35.5. The van der Waals surface area contributed by atoms with Crippen molar-refractivity contribution < 1.29 is 9.50 Å². The van der Waals surface area contributed by atoms with Gasteiger partial charge in [0.15, 0.2) is 0 Å². The molecule has 0 saturated heterocycles. The summed E-state index contributed by atoms with van der Waals surface area (Å²) in [5, 5.41) is 14.9. The third-order valence-corrected chi connectivity index (χ3v) is 3.45. The van der Waals surface area contributed by atoms with Gasteiger partial charge in [-0.25, -0.2) is 4.39 Å². The van der Waals surface area contributed by atoms with Crippen LogP contribution in [0.1, 0.15) is 28.5 Å². The largest absolute Gasteiger partial charge is 0.383 e. The highest BCUT2D eigenvalue weighted by molar-refractivity contribution is 6.30. The van der Waals surface area contributed by atoms with Gasteiger partial charge < -0.3 is 5.11 Å². The van der Waals surface area contributed by atoms with Gasteiger partial charge in [0.2, 0.25) is 0 Å². The van der Waals surface area contributed by atoms with Crippen LogP contribution in [0.15, 0.2) is 18.2 Å². The Labute approximate surface area is 110 Å². The molecule has 1 unspecified atom stereocenters. The number of rotatable bonds is 2. The van der Waals surface area contributed by atoms with E-state index in [-0.39, 0.29) is 5.82 Å². The zero-order valence-corrected chi connectivity index (χ0v) is 11.2. The molecule has 1 N–H and O–H groups in total. The monoisotopic (exact) mass is 268 g/mol. The van der Waals surface area contributed by atoms with Crippen LogP contribution in [0.25, 0.3) is 0 Å². The molecule has 1 heterocycles. The lowest BCUT2D eigenvalue weighted by Crippen LogP contribution is -2.04. The van der Waals surface area contributed by atoms with Crippen molar-refractivity contribution in [2.75, 3.05) is 0 Å². The predicted octanol–water partition coefficient (Wildman–Crippen LogP) is 2.91. The fourth-order valence-electron chi connectivity index (χ4n) is 2.02. The van der Waals surface area contributed by atoms with Crippen LogP contribution in [0.5, 0.6) is 0 Å². The summed E-state index contributed by atoms with van der Waals surface area (Å²) in [6.07, 6.45) is -0.970. The zero-order valence-electron chi connectivity index (χ0n) is 10.4. The van der Waals surface area contributed by atoms with Crippen LogP contribution < -0.4 is 0 Å². The van der Waals surface area contributed by atoms with Gasteiger partial charge in [-0.1, -0.05) is 17.7 Å². The second-order valence-corrected chi connectivity index (χ2v) is 4.67. The summed E-state index contributed by atoms with van der Waals surface area (Å²) in [4.78, 5) is 0. The maximum atomic E-state index is 13.3. The topological polar surface area (TPSA) is 38.1 Å². The van der Waals surface area contributed by atoms with Gasteiger partial charge in [-0.3, -0.25) is 4.68 Å². The van der Waals surface area contributed by atoms with Crippen molar-refractivity contribution >= 4 is 11.6 Å². The van der Waals surface area contributed by atoms with Gasteiger partial charge in [-0.15, -0.1) is 0 Å². The van der Waals surface area contributed by atoms with Gasteiger partial charge in [0.25, 0.3) is 0 Å². The Kier molecular flexibility index (Phi) is 3.41. The van der Waals surface area contributed by atoms with E-state index in [4.69, 9.17) is 11.6 Å². The van der Waals surface area contributed by atoms with Gasteiger partial charge in [0.1, 0.15) is 17.1 Å². The SMILES string of the molecule is Cc1ccc(F)cc1C(O)c1c(C)nn(C)c1Cl. The summed E-state index contributed by atoms with van der Waals surface area (Å²) < 4.78 is 14.8. The number of hydrogen-bond acceptors (Lipinski definition) is 2. The first-order chi connectivity index (χ1) is 8.41. The number of halogens is 2. The second kappa shape index (κ2) is 4.71. The zero-order chi connectivity index (χ0) is 13.4. The van der Waals surface area contributed by atoms with Gasteiger partial charge in [-0.05, 0) is 37.1 Å². The molecule has 0 aliphatic carbocycles. The first kappa shape index (κ1) is 13.1. The summed E-state index contributed by atoms with van der Waals surface area (Å²) in [5.41, 5.74) is 2.47. The number of aliphatic hydroxyl groups is 1. The Morgan fingerprint density at radius 1 is 1.39 bits per heavy atom. The van der Waals surface area contributed by atoms with Crippen molar-refractivity contribution in [3.8, 4) is 0 Å². The molecule has 1 aromatic heterocycles. The molecule has 0 bridgehead atoms. The molecule has 2 aromatic rings. The van der Waals surface area contributed by atoms with Crippen molar-refractivity contribution in [3.63, 3.8) is 0 Å². The lowest BCUT2D eigenvalue weighted by molar-refractivity contribution is 0.218. The molecule has 0 aliphatic rings. The normalized spacial score (nSPS) is 12.8. The number of benzene rings is 1. The molecule has 0 radical (unpaired) electrons. The van der Waals surface area contributed by atoms with Gasteiger partial charge >= 0.3 is 0 Å². The number of aliphatic hydroxyl groups excluding tert-OH is 1. The molecule has 0 amide bonds. The van der Waals surface area contributed by atoms with E-state index >= 15 is 0 Å². The molecular weight excluding hydrogens is 255 g/mol. The highest BCUT2D eigenvalue weighted by Crippen LogP contribution is 2.32. The Morgan fingerprint density at radius 2 is 2.06 bits per heavy atom. The van der Waals surface area contributed by atoms with Crippen LogP contribution >= 0.6 is 11.6 Å². The van der Waals surface area contributed by atoms with Crippen molar-refractivity contribution in [2.45, 2.75) is 20.0 Å². The van der Waals surface area contributed by atoms with Gasteiger partial charge in [0.05, 0.1) is 5.69 Å². The lowest BCUT2D eigenvalue weighted by atomic mass is 9.98. The summed E-state index contributed by atoms with van der Waals surface area (Å²) in [6.45, 7) is 3.58. The maximum absolute atomic E-state index is 13.3. The lowest BCUT2D eigenvalue weighted by Gasteiger charge is -2.14. The van der Waals surface area contributed by atoms with Crippen LogP contribution in [0.2, 0.25) is 5.15 Å². The van der Waals surface area contributed by atoms with Gasteiger partial charge in [0, 0.05) is 12.6 Å². The molecule has 0 saturated carbocycles. The Morgan fingerprint density at radius 3 is 2.61 bits per heavy atom. The van der Waals surface area contributed by atoms with E-state index in [2.05, 4.69) is 5.10 Å². The molecule has 1 aromatic carbocycles. The molecular formula is C13H14ClFN2O. The van der Waals surface area contributed by atoms with Crippen molar-refractivity contribution in [2.24, 2.45) is 7.05 Å². The number of aromatic nitrogens is 2. The van der Waals surface area contributed by atoms with Crippen LogP contribution in [-0.2, 0) is 7.05 Å². The van der Waals surface area contributed by atoms with Crippen LogP contribution in [0, 0.1) is 19.7 Å². The molecule has 1 atom stereocenters. The number of hydrogen-bond donors (Lipinski definition) is 1. The Bertz CT molecular complexity index is 595. The Hall–Kier alpha value is -1.39. The van der Waals surface area contributed by atoms with E-state index < -0.39 is 6.10 Å². The fourth-order valence-corrected chi connectivity index (χ4v) is 2.30. The van der Waals surface area contributed by atoms with Crippen LogP contribution in [0.3, 0.4) is 0 Å². The minimum absolute atomic E-state index is 0.365. The average Bonchev–Trinajstić information content (AvgIpc) is 2.56. The molecule has 0 aliphatic heterocycles. The first-order valence-electron chi connectivity index (χ1n) is 5.55. The highest BCUT2D eigenvalue weighted by Gasteiger charge is 2.22. The molecule has 96 valence electrons. The van der Waals surface area contributed by atoms with E-state index in [1.807, 2.05) is 6.92 Å². The smallest absolute Gasteiger partial charge is 0.133 e. The maximum Gasteiger partial charge on any atom is 0.133 e. The number of aryl methyl sites for hydroxylation is 3.